The van der Waals surface area contributed by atoms with Gasteiger partial charge in [0.25, 0.3) is 0 Å². The Bertz CT molecular complexity index is 328. The second-order valence-electron chi connectivity index (χ2n) is 6.95. The molecule has 2 rings (SSSR count). The lowest BCUT2D eigenvalue weighted by Crippen LogP contribution is -2.56. The second kappa shape index (κ2) is 8.14. The summed E-state index contributed by atoms with van der Waals surface area (Å²) in [6, 6.07) is 0.729. The zero-order valence-corrected chi connectivity index (χ0v) is 13.8. The van der Waals surface area contributed by atoms with Gasteiger partial charge in [-0.2, -0.15) is 0 Å². The minimum absolute atomic E-state index is 0.0433. The minimum atomic E-state index is -0.0433. The first kappa shape index (κ1) is 16.8. The summed E-state index contributed by atoms with van der Waals surface area (Å²) in [7, 11) is 0. The van der Waals surface area contributed by atoms with E-state index in [0.717, 1.165) is 31.7 Å². The van der Waals surface area contributed by atoms with Gasteiger partial charge >= 0.3 is 0 Å². The van der Waals surface area contributed by atoms with Crippen LogP contribution in [-0.2, 0) is 4.79 Å². The number of nitrogens with one attached hydrogen (secondary N) is 1. The molecule has 1 aliphatic heterocycles. The van der Waals surface area contributed by atoms with Crippen LogP contribution >= 0.6 is 0 Å². The first-order chi connectivity index (χ1) is 10.2. The van der Waals surface area contributed by atoms with Crippen molar-refractivity contribution in [2.75, 3.05) is 13.1 Å². The maximum absolute atomic E-state index is 12.5. The lowest BCUT2D eigenvalue weighted by Gasteiger charge is -2.42. The van der Waals surface area contributed by atoms with E-state index in [2.05, 4.69) is 17.1 Å². The molecule has 21 heavy (non-hydrogen) atoms. The Hall–Kier alpha value is -0.610. The van der Waals surface area contributed by atoms with Gasteiger partial charge in [-0.1, -0.05) is 32.6 Å². The number of piperidine rings is 1. The van der Waals surface area contributed by atoms with Crippen LogP contribution in [0.4, 0.5) is 0 Å². The molecule has 4 heteroatoms. The molecule has 1 saturated heterocycles. The van der Waals surface area contributed by atoms with Gasteiger partial charge in [-0.3, -0.25) is 9.69 Å². The van der Waals surface area contributed by atoms with Crippen LogP contribution in [0.15, 0.2) is 0 Å². The van der Waals surface area contributed by atoms with Gasteiger partial charge in [-0.15, -0.1) is 0 Å². The molecule has 0 aromatic carbocycles. The summed E-state index contributed by atoms with van der Waals surface area (Å²) in [4.78, 5) is 14.9. The zero-order valence-electron chi connectivity index (χ0n) is 13.8. The molecular weight excluding hydrogens is 262 g/mol. The molecule has 0 radical (unpaired) electrons. The maximum atomic E-state index is 12.5. The van der Waals surface area contributed by atoms with Crippen molar-refractivity contribution < 1.29 is 4.79 Å². The smallest absolute Gasteiger partial charge is 0.237 e. The summed E-state index contributed by atoms with van der Waals surface area (Å²) in [6.45, 7) is 5.98. The lowest BCUT2D eigenvalue weighted by atomic mass is 9.88. The molecule has 2 aliphatic rings. The molecule has 2 fully saturated rings. The third kappa shape index (κ3) is 4.43. The van der Waals surface area contributed by atoms with Crippen LogP contribution in [0, 0.1) is 5.92 Å². The lowest BCUT2D eigenvalue weighted by molar-refractivity contribution is -0.128. The van der Waals surface area contributed by atoms with Crippen LogP contribution in [0.3, 0.4) is 0 Å². The first-order valence-corrected chi connectivity index (χ1v) is 8.91. The molecule has 3 N–H and O–H groups in total. The highest BCUT2D eigenvalue weighted by molar-refractivity contribution is 5.81. The molecular formula is C17H33N3O. The van der Waals surface area contributed by atoms with Crippen LogP contribution in [0.1, 0.15) is 65.2 Å². The van der Waals surface area contributed by atoms with Crippen LogP contribution in [0.5, 0.6) is 0 Å². The van der Waals surface area contributed by atoms with E-state index in [1.54, 1.807) is 0 Å². The molecule has 1 aliphatic carbocycles. The number of carbonyl (C=O) groups excluding carboxylic acids is 1. The van der Waals surface area contributed by atoms with E-state index >= 15 is 0 Å². The normalized spacial score (nSPS) is 30.0. The fraction of sp³-hybridized carbons (Fsp3) is 0.941. The number of nitrogens with two attached hydrogens (primary N) is 1. The number of likely N-dealkylation sites (tertiary alicyclic amines) is 1. The number of hydrogen-bond donors (Lipinski definition) is 2. The van der Waals surface area contributed by atoms with E-state index in [9.17, 15) is 4.79 Å². The molecule has 1 heterocycles. The standard InChI is InChI=1S/C17H33N3O/c1-3-14-9-10-20(16(11-14)12-18)13(2)17(21)19-15-7-5-4-6-8-15/h13-16H,3-12,18H2,1-2H3,(H,19,21). The molecule has 3 unspecified atom stereocenters. The van der Waals surface area contributed by atoms with Crippen molar-refractivity contribution in [3.05, 3.63) is 0 Å². The van der Waals surface area contributed by atoms with Crippen molar-refractivity contribution in [1.29, 1.82) is 0 Å². The largest absolute Gasteiger partial charge is 0.352 e. The third-order valence-corrected chi connectivity index (χ3v) is 5.55. The predicted molar refractivity (Wildman–Crippen MR) is 87.0 cm³/mol. The first-order valence-electron chi connectivity index (χ1n) is 8.91. The van der Waals surface area contributed by atoms with Gasteiger partial charge in [0.1, 0.15) is 0 Å². The molecule has 0 spiro atoms. The van der Waals surface area contributed by atoms with Crippen molar-refractivity contribution in [1.82, 2.24) is 10.2 Å². The Morgan fingerprint density at radius 3 is 2.62 bits per heavy atom. The minimum Gasteiger partial charge on any atom is -0.352 e. The Balaban J connectivity index is 1.88. The molecule has 4 nitrogen and oxygen atoms in total. The summed E-state index contributed by atoms with van der Waals surface area (Å²) in [5, 5.41) is 3.26. The molecule has 0 aromatic heterocycles. The van der Waals surface area contributed by atoms with E-state index in [4.69, 9.17) is 5.73 Å². The molecule has 0 bridgehead atoms. The van der Waals surface area contributed by atoms with E-state index in [1.807, 2.05) is 6.92 Å². The molecule has 122 valence electrons. The topological polar surface area (TPSA) is 58.4 Å². The van der Waals surface area contributed by atoms with Gasteiger partial charge in [-0.25, -0.2) is 0 Å². The van der Waals surface area contributed by atoms with Gasteiger partial charge in [0.05, 0.1) is 6.04 Å². The Kier molecular flexibility index (Phi) is 6.49. The fourth-order valence-electron chi connectivity index (χ4n) is 3.98. The average Bonchev–Trinajstić information content (AvgIpc) is 2.54. The van der Waals surface area contributed by atoms with E-state index in [-0.39, 0.29) is 11.9 Å². The van der Waals surface area contributed by atoms with E-state index in [0.29, 0.717) is 18.6 Å². The van der Waals surface area contributed by atoms with Crippen LogP contribution < -0.4 is 11.1 Å². The van der Waals surface area contributed by atoms with Crippen molar-refractivity contribution in [3.8, 4) is 0 Å². The predicted octanol–water partition coefficient (Wildman–Crippen LogP) is 2.27. The highest BCUT2D eigenvalue weighted by Crippen LogP contribution is 2.26. The summed E-state index contributed by atoms with van der Waals surface area (Å²) in [5.74, 6) is 0.985. The number of hydrogen-bond acceptors (Lipinski definition) is 3. The van der Waals surface area contributed by atoms with Crippen molar-refractivity contribution in [2.24, 2.45) is 11.7 Å². The van der Waals surface area contributed by atoms with Gasteiger partial charge in [-0.05, 0) is 45.1 Å². The SMILES string of the molecule is CCC1CCN(C(C)C(=O)NC2CCCCC2)C(CN)C1. The quantitative estimate of drug-likeness (QED) is 0.818. The second-order valence-corrected chi connectivity index (χ2v) is 6.95. The number of amides is 1. The Morgan fingerprint density at radius 1 is 1.29 bits per heavy atom. The maximum Gasteiger partial charge on any atom is 0.237 e. The number of nitrogens with zero attached hydrogens (tertiary/aromatic N) is 1. The zero-order chi connectivity index (χ0) is 15.2. The Labute approximate surface area is 129 Å². The number of carbonyl (C=O) groups is 1. The molecule has 0 aromatic rings. The highest BCUT2D eigenvalue weighted by Gasteiger charge is 2.33. The average molecular weight is 295 g/mol. The van der Waals surface area contributed by atoms with E-state index in [1.165, 1.54) is 32.1 Å². The van der Waals surface area contributed by atoms with Crippen LogP contribution in [0.25, 0.3) is 0 Å². The fourth-order valence-corrected chi connectivity index (χ4v) is 3.98. The van der Waals surface area contributed by atoms with E-state index < -0.39 is 0 Å². The van der Waals surface area contributed by atoms with Crippen molar-refractivity contribution in [3.63, 3.8) is 0 Å². The summed E-state index contributed by atoms with van der Waals surface area (Å²) >= 11 is 0. The van der Waals surface area contributed by atoms with Crippen LogP contribution in [0.2, 0.25) is 0 Å². The molecule has 3 atom stereocenters. The van der Waals surface area contributed by atoms with Gasteiger partial charge in [0.2, 0.25) is 5.91 Å². The number of rotatable bonds is 5. The molecule has 1 amide bonds. The third-order valence-electron chi connectivity index (χ3n) is 5.55. The van der Waals surface area contributed by atoms with Crippen molar-refractivity contribution in [2.45, 2.75) is 83.3 Å². The summed E-state index contributed by atoms with van der Waals surface area (Å²) < 4.78 is 0. The van der Waals surface area contributed by atoms with Gasteiger partial charge in [0.15, 0.2) is 0 Å². The van der Waals surface area contributed by atoms with Gasteiger partial charge < -0.3 is 11.1 Å². The molecule has 1 saturated carbocycles. The summed E-state index contributed by atoms with van der Waals surface area (Å²) in [5.41, 5.74) is 5.96. The van der Waals surface area contributed by atoms with Crippen LogP contribution in [-0.4, -0.2) is 42.0 Å². The highest BCUT2D eigenvalue weighted by atomic mass is 16.2. The Morgan fingerprint density at radius 2 is 2.00 bits per heavy atom. The monoisotopic (exact) mass is 295 g/mol. The van der Waals surface area contributed by atoms with Crippen molar-refractivity contribution >= 4 is 5.91 Å². The van der Waals surface area contributed by atoms with Gasteiger partial charge in [0, 0.05) is 18.6 Å². The summed E-state index contributed by atoms with van der Waals surface area (Å²) in [6.07, 6.45) is 9.71.